The van der Waals surface area contributed by atoms with Crippen molar-refractivity contribution in [2.75, 3.05) is 0 Å². The van der Waals surface area contributed by atoms with Gasteiger partial charge in [0.1, 0.15) is 17.5 Å². The Balaban J connectivity index is 3.00. The van der Waals surface area contributed by atoms with Crippen LogP contribution in [-0.4, -0.2) is 22.6 Å². The topological polar surface area (TPSA) is 89.6 Å². The number of hydrogen-bond donors (Lipinski definition) is 2. The number of halogens is 1. The molecule has 1 atom stereocenters. The molecule has 0 amide bonds. The van der Waals surface area contributed by atoms with Gasteiger partial charge in [0.05, 0.1) is 5.56 Å². The second kappa shape index (κ2) is 5.36. The first-order chi connectivity index (χ1) is 8.61. The molecule has 0 heterocycles. The maximum atomic E-state index is 13.2. The molecule has 1 aromatic rings. The van der Waals surface area contributed by atoms with Gasteiger partial charge in [0, 0.05) is 0 Å². The summed E-state index contributed by atoms with van der Waals surface area (Å²) in [6.07, 6.45) is 0. The van der Waals surface area contributed by atoms with E-state index in [0.717, 1.165) is 12.1 Å². The number of aromatic carboxylic acids is 1. The van der Waals surface area contributed by atoms with Crippen molar-refractivity contribution in [2.24, 2.45) is 5.73 Å². The highest BCUT2D eigenvalue weighted by Gasteiger charge is 2.24. The average Bonchev–Trinajstić information content (AvgIpc) is 2.26. The van der Waals surface area contributed by atoms with E-state index in [0.29, 0.717) is 0 Å². The van der Waals surface area contributed by atoms with E-state index in [9.17, 15) is 14.0 Å². The van der Waals surface area contributed by atoms with E-state index in [1.165, 1.54) is 6.07 Å². The van der Waals surface area contributed by atoms with Gasteiger partial charge in [-0.15, -0.1) is 0 Å². The first-order valence-corrected chi connectivity index (χ1v) is 5.63. The van der Waals surface area contributed by atoms with Crippen molar-refractivity contribution in [1.29, 1.82) is 0 Å². The Morgan fingerprint density at radius 3 is 2.42 bits per heavy atom. The second-order valence-corrected chi connectivity index (χ2v) is 5.06. The lowest BCUT2D eigenvalue weighted by Gasteiger charge is -2.22. The molecule has 6 heteroatoms. The molecular weight excluding hydrogens is 253 g/mol. The van der Waals surface area contributed by atoms with E-state index >= 15 is 0 Å². The fourth-order valence-electron chi connectivity index (χ4n) is 1.40. The number of carbonyl (C=O) groups excluding carboxylic acids is 1. The number of carboxylic acids is 1. The molecule has 104 valence electrons. The van der Waals surface area contributed by atoms with Gasteiger partial charge in [0.25, 0.3) is 0 Å². The molecule has 5 nitrogen and oxygen atoms in total. The maximum Gasteiger partial charge on any atom is 0.338 e. The van der Waals surface area contributed by atoms with Crippen molar-refractivity contribution in [2.45, 2.75) is 32.4 Å². The van der Waals surface area contributed by atoms with Crippen LogP contribution in [0.5, 0.6) is 0 Å². The van der Waals surface area contributed by atoms with Crippen LogP contribution in [0.4, 0.5) is 4.39 Å². The monoisotopic (exact) mass is 269 g/mol. The highest BCUT2D eigenvalue weighted by Crippen LogP contribution is 2.19. The number of rotatable bonds is 3. The Morgan fingerprint density at radius 2 is 1.95 bits per heavy atom. The highest BCUT2D eigenvalue weighted by atomic mass is 19.1. The van der Waals surface area contributed by atoms with Gasteiger partial charge in [-0.05, 0) is 38.5 Å². The molecule has 0 saturated carbocycles. The zero-order valence-corrected chi connectivity index (χ0v) is 10.9. The lowest BCUT2D eigenvalue weighted by Crippen LogP contribution is -2.31. The van der Waals surface area contributed by atoms with Crippen LogP contribution in [0.25, 0.3) is 0 Å². The number of carboxylic acid groups (broad SMARTS) is 1. The van der Waals surface area contributed by atoms with Crippen molar-refractivity contribution < 1.29 is 23.8 Å². The summed E-state index contributed by atoms with van der Waals surface area (Å²) in [6.45, 7) is 5.06. The summed E-state index contributed by atoms with van der Waals surface area (Å²) in [5.74, 6) is -3.00. The predicted molar refractivity (Wildman–Crippen MR) is 66.1 cm³/mol. The van der Waals surface area contributed by atoms with Crippen LogP contribution in [0.2, 0.25) is 0 Å². The van der Waals surface area contributed by atoms with Crippen molar-refractivity contribution in [3.8, 4) is 0 Å². The largest absolute Gasteiger partial charge is 0.478 e. The third kappa shape index (κ3) is 4.03. The van der Waals surface area contributed by atoms with E-state index < -0.39 is 35.0 Å². The first-order valence-electron chi connectivity index (χ1n) is 5.63. The van der Waals surface area contributed by atoms with Gasteiger partial charge in [-0.3, -0.25) is 0 Å². The standard InChI is InChI=1S/C13H16FNO4/c1-13(2,3)19-12(18)10(15)7-4-5-9(14)8(6-7)11(16)17/h4-6,10H,15H2,1-3H3,(H,16,17). The number of ether oxygens (including phenoxy) is 1. The molecule has 0 radical (unpaired) electrons. The Bertz CT molecular complexity index is 508. The van der Waals surface area contributed by atoms with Gasteiger partial charge >= 0.3 is 11.9 Å². The van der Waals surface area contributed by atoms with Gasteiger partial charge in [-0.1, -0.05) is 6.07 Å². The minimum Gasteiger partial charge on any atom is -0.478 e. The molecule has 0 aliphatic rings. The van der Waals surface area contributed by atoms with E-state index in [1.54, 1.807) is 20.8 Å². The van der Waals surface area contributed by atoms with Gasteiger partial charge in [-0.2, -0.15) is 0 Å². The van der Waals surface area contributed by atoms with Crippen LogP contribution < -0.4 is 5.73 Å². The number of esters is 1. The van der Waals surface area contributed by atoms with Crippen molar-refractivity contribution in [3.05, 3.63) is 35.1 Å². The van der Waals surface area contributed by atoms with E-state index in [-0.39, 0.29) is 5.56 Å². The Hall–Kier alpha value is -1.95. The van der Waals surface area contributed by atoms with Gasteiger partial charge in [-0.25, -0.2) is 14.0 Å². The summed E-state index contributed by atoms with van der Waals surface area (Å²) < 4.78 is 18.3. The van der Waals surface area contributed by atoms with Crippen LogP contribution in [0.15, 0.2) is 18.2 Å². The third-order valence-corrected chi connectivity index (χ3v) is 2.24. The number of hydrogen-bond acceptors (Lipinski definition) is 4. The van der Waals surface area contributed by atoms with Gasteiger partial charge in [0.2, 0.25) is 0 Å². The van der Waals surface area contributed by atoms with Crippen molar-refractivity contribution in [3.63, 3.8) is 0 Å². The van der Waals surface area contributed by atoms with Crippen LogP contribution in [0.1, 0.15) is 42.7 Å². The molecule has 1 unspecified atom stereocenters. The molecule has 19 heavy (non-hydrogen) atoms. The maximum absolute atomic E-state index is 13.2. The summed E-state index contributed by atoms with van der Waals surface area (Å²) in [7, 11) is 0. The molecule has 0 spiro atoms. The highest BCUT2D eigenvalue weighted by molar-refractivity contribution is 5.88. The van der Waals surface area contributed by atoms with Crippen LogP contribution in [0, 0.1) is 5.82 Å². The average molecular weight is 269 g/mol. The molecule has 3 N–H and O–H groups in total. The van der Waals surface area contributed by atoms with Crippen molar-refractivity contribution >= 4 is 11.9 Å². The van der Waals surface area contributed by atoms with Gasteiger partial charge < -0.3 is 15.6 Å². The Kier molecular flexibility index (Phi) is 4.26. The summed E-state index contributed by atoms with van der Waals surface area (Å²) in [5.41, 5.74) is 4.63. The molecule has 0 aromatic heterocycles. The molecule has 0 aliphatic heterocycles. The normalized spacial score (nSPS) is 12.9. The summed E-state index contributed by atoms with van der Waals surface area (Å²) in [4.78, 5) is 22.5. The number of carbonyl (C=O) groups is 2. The van der Waals surface area contributed by atoms with E-state index in [4.69, 9.17) is 15.6 Å². The lowest BCUT2D eigenvalue weighted by molar-refractivity contribution is -0.156. The minimum atomic E-state index is -1.42. The SMILES string of the molecule is CC(C)(C)OC(=O)C(N)c1ccc(F)c(C(=O)O)c1. The number of benzene rings is 1. The molecule has 1 aromatic carbocycles. The number of nitrogens with two attached hydrogens (primary N) is 1. The van der Waals surface area contributed by atoms with E-state index in [2.05, 4.69) is 0 Å². The van der Waals surface area contributed by atoms with E-state index in [1.807, 2.05) is 0 Å². The predicted octanol–water partition coefficient (Wildman–Crippen LogP) is 1.87. The van der Waals surface area contributed by atoms with Crippen LogP contribution in [-0.2, 0) is 9.53 Å². The summed E-state index contributed by atoms with van der Waals surface area (Å²) >= 11 is 0. The lowest BCUT2D eigenvalue weighted by atomic mass is 10.0. The van der Waals surface area contributed by atoms with Crippen molar-refractivity contribution in [1.82, 2.24) is 0 Å². The molecule has 0 bridgehead atoms. The molecule has 0 saturated heterocycles. The van der Waals surface area contributed by atoms with Gasteiger partial charge in [0.15, 0.2) is 0 Å². The summed E-state index contributed by atoms with van der Waals surface area (Å²) in [6, 6.07) is 2.10. The minimum absolute atomic E-state index is 0.188. The zero-order valence-electron chi connectivity index (χ0n) is 10.9. The molecule has 0 fully saturated rings. The zero-order chi connectivity index (χ0) is 14.8. The smallest absolute Gasteiger partial charge is 0.338 e. The van der Waals surface area contributed by atoms with Crippen LogP contribution in [0.3, 0.4) is 0 Å². The Labute approximate surface area is 110 Å². The summed E-state index contributed by atoms with van der Waals surface area (Å²) in [5, 5.41) is 8.80. The fourth-order valence-corrected chi connectivity index (χ4v) is 1.40. The molecule has 1 rings (SSSR count). The Morgan fingerprint density at radius 1 is 1.37 bits per heavy atom. The third-order valence-electron chi connectivity index (χ3n) is 2.24. The molecule has 0 aliphatic carbocycles. The quantitative estimate of drug-likeness (QED) is 0.817. The van der Waals surface area contributed by atoms with Crippen LogP contribution >= 0.6 is 0 Å². The second-order valence-electron chi connectivity index (χ2n) is 5.06. The fraction of sp³-hybridized carbons (Fsp3) is 0.385. The first kappa shape index (κ1) is 15.1. The molecular formula is C13H16FNO4.